The summed E-state index contributed by atoms with van der Waals surface area (Å²) in [4.78, 5) is 14.4. The molecule has 0 amide bonds. The van der Waals surface area contributed by atoms with Gasteiger partial charge in [0.15, 0.2) is 0 Å². The van der Waals surface area contributed by atoms with E-state index in [1.165, 1.54) is 0 Å². The predicted octanol–water partition coefficient (Wildman–Crippen LogP) is 3.62. The molecule has 0 atom stereocenters. The van der Waals surface area contributed by atoms with Gasteiger partial charge in [-0.2, -0.15) is 0 Å². The van der Waals surface area contributed by atoms with Crippen LogP contribution < -0.4 is 0 Å². The second-order valence-electron chi connectivity index (χ2n) is 7.40. The number of carbonyl (C=O) groups is 1. The third kappa shape index (κ3) is 3.95. The zero-order valence-corrected chi connectivity index (χ0v) is 13.7. The summed E-state index contributed by atoms with van der Waals surface area (Å²) in [5.41, 5.74) is 0.166. The molecule has 0 aromatic heterocycles. The number of esters is 1. The number of rotatable bonds is 4. The highest BCUT2D eigenvalue weighted by atomic mass is 16.5. The Kier molecular flexibility index (Phi) is 5.05. The SMILES string of the molecule is CCCN1C(C)(C)CC(OC(=O)C(C)C)CC1(C)C. The van der Waals surface area contributed by atoms with Crippen LogP contribution in [0.15, 0.2) is 0 Å². The van der Waals surface area contributed by atoms with Crippen LogP contribution in [0.2, 0.25) is 0 Å². The quantitative estimate of drug-likeness (QED) is 0.730. The fourth-order valence-corrected chi connectivity index (χ4v) is 3.44. The Bertz CT molecular complexity index is 303. The first-order valence-corrected chi connectivity index (χ1v) is 7.58. The van der Waals surface area contributed by atoms with Gasteiger partial charge in [0, 0.05) is 23.9 Å². The predicted molar refractivity (Wildman–Crippen MR) is 79.1 cm³/mol. The molecule has 0 aliphatic carbocycles. The fourth-order valence-electron chi connectivity index (χ4n) is 3.44. The number of ether oxygens (including phenoxy) is 1. The van der Waals surface area contributed by atoms with E-state index in [1.807, 2.05) is 13.8 Å². The van der Waals surface area contributed by atoms with E-state index in [2.05, 4.69) is 39.5 Å². The number of hydrogen-bond acceptors (Lipinski definition) is 3. The van der Waals surface area contributed by atoms with Crippen LogP contribution in [0.5, 0.6) is 0 Å². The molecule has 1 saturated heterocycles. The van der Waals surface area contributed by atoms with E-state index in [0.29, 0.717) is 0 Å². The summed E-state index contributed by atoms with van der Waals surface area (Å²) in [5.74, 6) is -0.111. The molecule has 1 rings (SSSR count). The van der Waals surface area contributed by atoms with Crippen LogP contribution in [0.1, 0.15) is 67.7 Å². The Labute approximate surface area is 118 Å². The van der Waals surface area contributed by atoms with Crippen LogP contribution in [-0.4, -0.2) is 34.6 Å². The van der Waals surface area contributed by atoms with Crippen LogP contribution in [-0.2, 0) is 9.53 Å². The van der Waals surface area contributed by atoms with E-state index in [-0.39, 0.29) is 29.1 Å². The summed E-state index contributed by atoms with van der Waals surface area (Å²) in [6.07, 6.45) is 3.06. The van der Waals surface area contributed by atoms with Crippen molar-refractivity contribution < 1.29 is 9.53 Å². The highest BCUT2D eigenvalue weighted by Crippen LogP contribution is 2.39. The van der Waals surface area contributed by atoms with Crippen LogP contribution in [0, 0.1) is 5.92 Å². The highest BCUT2D eigenvalue weighted by molar-refractivity contribution is 5.71. The highest BCUT2D eigenvalue weighted by Gasteiger charge is 2.45. The zero-order valence-electron chi connectivity index (χ0n) is 13.7. The maximum Gasteiger partial charge on any atom is 0.308 e. The molecule has 0 aromatic carbocycles. The van der Waals surface area contributed by atoms with E-state index >= 15 is 0 Å². The van der Waals surface area contributed by atoms with Gasteiger partial charge < -0.3 is 4.74 Å². The number of piperidine rings is 1. The maximum atomic E-state index is 11.8. The molecule has 0 saturated carbocycles. The summed E-state index contributed by atoms with van der Waals surface area (Å²) >= 11 is 0. The van der Waals surface area contributed by atoms with Gasteiger partial charge in [-0.3, -0.25) is 9.69 Å². The Hall–Kier alpha value is -0.570. The molecule has 1 fully saturated rings. The molecule has 0 unspecified atom stereocenters. The Morgan fingerprint density at radius 3 is 2.05 bits per heavy atom. The van der Waals surface area contributed by atoms with Crippen LogP contribution in [0.3, 0.4) is 0 Å². The third-order valence-electron chi connectivity index (χ3n) is 4.12. The Morgan fingerprint density at radius 2 is 1.68 bits per heavy atom. The second kappa shape index (κ2) is 5.82. The Balaban J connectivity index is 2.81. The van der Waals surface area contributed by atoms with Gasteiger partial charge in [0.25, 0.3) is 0 Å². The fraction of sp³-hybridized carbons (Fsp3) is 0.938. The lowest BCUT2D eigenvalue weighted by Crippen LogP contribution is -2.62. The zero-order chi connectivity index (χ0) is 14.8. The number of likely N-dealkylation sites (tertiary alicyclic amines) is 1. The van der Waals surface area contributed by atoms with Crippen molar-refractivity contribution in [3.63, 3.8) is 0 Å². The molecule has 3 heteroatoms. The van der Waals surface area contributed by atoms with Gasteiger partial charge in [-0.1, -0.05) is 20.8 Å². The number of nitrogens with zero attached hydrogens (tertiary/aromatic N) is 1. The van der Waals surface area contributed by atoms with Crippen molar-refractivity contribution in [2.75, 3.05) is 6.54 Å². The largest absolute Gasteiger partial charge is 0.462 e. The molecule has 1 aliphatic rings. The van der Waals surface area contributed by atoms with Crippen molar-refractivity contribution in [2.45, 2.75) is 84.9 Å². The third-order valence-corrected chi connectivity index (χ3v) is 4.12. The molecule has 1 aliphatic heterocycles. The van der Waals surface area contributed by atoms with Crippen molar-refractivity contribution in [3.8, 4) is 0 Å². The maximum absolute atomic E-state index is 11.8. The molecular weight excluding hydrogens is 238 g/mol. The number of hydrogen-bond donors (Lipinski definition) is 0. The molecule has 0 spiro atoms. The summed E-state index contributed by atoms with van der Waals surface area (Å²) in [7, 11) is 0. The van der Waals surface area contributed by atoms with Gasteiger partial charge in [0.05, 0.1) is 5.92 Å². The minimum atomic E-state index is -0.0689. The Morgan fingerprint density at radius 1 is 1.21 bits per heavy atom. The smallest absolute Gasteiger partial charge is 0.308 e. The average Bonchev–Trinajstić information content (AvgIpc) is 2.22. The molecule has 0 bridgehead atoms. The lowest BCUT2D eigenvalue weighted by molar-refractivity contribution is -0.164. The van der Waals surface area contributed by atoms with Gasteiger partial charge in [0.1, 0.15) is 6.10 Å². The van der Waals surface area contributed by atoms with Gasteiger partial charge in [-0.15, -0.1) is 0 Å². The minimum absolute atomic E-state index is 0.0418. The van der Waals surface area contributed by atoms with Gasteiger partial charge in [0.2, 0.25) is 0 Å². The van der Waals surface area contributed by atoms with E-state index in [4.69, 9.17) is 4.74 Å². The van der Waals surface area contributed by atoms with Crippen LogP contribution in [0.4, 0.5) is 0 Å². The lowest BCUT2D eigenvalue weighted by atomic mass is 9.78. The normalized spacial score (nSPS) is 23.6. The van der Waals surface area contributed by atoms with Crippen LogP contribution >= 0.6 is 0 Å². The summed E-state index contributed by atoms with van der Waals surface area (Å²) in [6, 6.07) is 0. The van der Waals surface area contributed by atoms with Crippen molar-refractivity contribution in [3.05, 3.63) is 0 Å². The van der Waals surface area contributed by atoms with E-state index in [9.17, 15) is 4.79 Å². The topological polar surface area (TPSA) is 29.5 Å². The van der Waals surface area contributed by atoms with Crippen molar-refractivity contribution in [1.29, 1.82) is 0 Å². The van der Waals surface area contributed by atoms with Gasteiger partial charge in [-0.05, 0) is 40.7 Å². The van der Waals surface area contributed by atoms with E-state index < -0.39 is 0 Å². The van der Waals surface area contributed by atoms with Crippen molar-refractivity contribution in [2.24, 2.45) is 5.92 Å². The lowest BCUT2D eigenvalue weighted by Gasteiger charge is -2.55. The first-order chi connectivity index (χ1) is 8.60. The summed E-state index contributed by atoms with van der Waals surface area (Å²) < 4.78 is 5.68. The van der Waals surface area contributed by atoms with Crippen molar-refractivity contribution >= 4 is 5.97 Å². The molecule has 112 valence electrons. The molecule has 1 heterocycles. The average molecular weight is 269 g/mol. The van der Waals surface area contributed by atoms with E-state index in [0.717, 1.165) is 25.8 Å². The molecule has 0 aromatic rings. The van der Waals surface area contributed by atoms with E-state index in [1.54, 1.807) is 0 Å². The van der Waals surface area contributed by atoms with Gasteiger partial charge in [-0.25, -0.2) is 0 Å². The van der Waals surface area contributed by atoms with Gasteiger partial charge >= 0.3 is 5.97 Å². The summed E-state index contributed by atoms with van der Waals surface area (Å²) in [6.45, 7) is 16.2. The van der Waals surface area contributed by atoms with Crippen LogP contribution in [0.25, 0.3) is 0 Å². The molecule has 0 N–H and O–H groups in total. The summed E-state index contributed by atoms with van der Waals surface area (Å²) in [5, 5.41) is 0. The number of carbonyl (C=O) groups excluding carboxylic acids is 1. The molecule has 3 nitrogen and oxygen atoms in total. The monoisotopic (exact) mass is 269 g/mol. The molecular formula is C16H31NO2. The standard InChI is InChI=1S/C16H31NO2/c1-8-9-17-15(4,5)10-13(11-16(17,6)7)19-14(18)12(2)3/h12-13H,8-11H2,1-7H3. The molecule has 0 radical (unpaired) electrons. The second-order valence-corrected chi connectivity index (χ2v) is 7.40. The first-order valence-electron chi connectivity index (χ1n) is 7.58. The molecule has 19 heavy (non-hydrogen) atoms. The first kappa shape index (κ1) is 16.5. The van der Waals surface area contributed by atoms with Crippen molar-refractivity contribution in [1.82, 2.24) is 4.90 Å². The minimum Gasteiger partial charge on any atom is -0.462 e.